The van der Waals surface area contributed by atoms with Crippen LogP contribution in [0.2, 0.25) is 0 Å². The van der Waals surface area contributed by atoms with Crippen molar-refractivity contribution >= 4 is 27.7 Å². The van der Waals surface area contributed by atoms with Gasteiger partial charge in [0, 0.05) is 27.7 Å². The van der Waals surface area contributed by atoms with Crippen LogP contribution < -0.4 is 5.73 Å². The third kappa shape index (κ3) is 4.45. The highest BCUT2D eigenvalue weighted by Crippen LogP contribution is 2.29. The van der Waals surface area contributed by atoms with Crippen LogP contribution in [0.15, 0.2) is 27.6 Å². The molecule has 0 aromatic heterocycles. The van der Waals surface area contributed by atoms with E-state index in [-0.39, 0.29) is 6.04 Å². The number of thioether (sulfide) groups is 1. The molecule has 0 saturated carbocycles. The molecule has 1 aromatic rings. The minimum atomic E-state index is 0.0926. The summed E-state index contributed by atoms with van der Waals surface area (Å²) < 4.78 is 1.12. The van der Waals surface area contributed by atoms with E-state index in [2.05, 4.69) is 53.1 Å². The Balaban J connectivity index is 2.72. The Labute approximate surface area is 111 Å². The molecule has 0 aliphatic carbocycles. The summed E-state index contributed by atoms with van der Waals surface area (Å²) in [5.74, 6) is 1.09. The maximum absolute atomic E-state index is 5.96. The van der Waals surface area contributed by atoms with Crippen molar-refractivity contribution in [2.75, 3.05) is 26.4 Å². The second-order valence-corrected chi connectivity index (χ2v) is 6.17. The van der Waals surface area contributed by atoms with Crippen LogP contribution in [0.4, 0.5) is 0 Å². The van der Waals surface area contributed by atoms with E-state index >= 15 is 0 Å². The van der Waals surface area contributed by atoms with Gasteiger partial charge in [0.15, 0.2) is 0 Å². The summed E-state index contributed by atoms with van der Waals surface area (Å²) in [6.07, 6.45) is 0. The van der Waals surface area contributed by atoms with E-state index in [4.69, 9.17) is 5.73 Å². The van der Waals surface area contributed by atoms with Gasteiger partial charge in [-0.25, -0.2) is 0 Å². The number of halogens is 1. The molecule has 2 N–H and O–H groups in total. The number of hydrogen-bond donors (Lipinski definition) is 1. The molecule has 90 valence electrons. The number of rotatable bonds is 5. The first-order valence-corrected chi connectivity index (χ1v) is 7.11. The zero-order chi connectivity index (χ0) is 12.1. The highest BCUT2D eigenvalue weighted by molar-refractivity contribution is 9.10. The van der Waals surface area contributed by atoms with Gasteiger partial charge in [-0.15, -0.1) is 11.8 Å². The molecule has 4 heteroatoms. The topological polar surface area (TPSA) is 29.3 Å². The molecule has 2 nitrogen and oxygen atoms in total. The normalized spacial score (nSPS) is 13.1. The van der Waals surface area contributed by atoms with Gasteiger partial charge >= 0.3 is 0 Å². The molecule has 0 heterocycles. The highest BCUT2D eigenvalue weighted by Gasteiger charge is 2.07. The molecule has 0 aliphatic heterocycles. The molecule has 1 atom stereocenters. The summed E-state index contributed by atoms with van der Waals surface area (Å²) in [7, 11) is 4.18. The van der Waals surface area contributed by atoms with Crippen LogP contribution in [0.5, 0.6) is 0 Å². The van der Waals surface area contributed by atoms with Gasteiger partial charge in [-0.05, 0) is 38.7 Å². The van der Waals surface area contributed by atoms with Crippen LogP contribution in [0.3, 0.4) is 0 Å². The maximum atomic E-state index is 5.96. The van der Waals surface area contributed by atoms with Gasteiger partial charge in [0.1, 0.15) is 0 Å². The first kappa shape index (κ1) is 14.0. The summed E-state index contributed by atoms with van der Waals surface area (Å²) in [4.78, 5) is 3.47. The Morgan fingerprint density at radius 1 is 1.44 bits per heavy atom. The zero-order valence-electron chi connectivity index (χ0n) is 10.0. The van der Waals surface area contributed by atoms with Crippen LogP contribution in [-0.4, -0.2) is 31.3 Å². The van der Waals surface area contributed by atoms with E-state index in [0.717, 1.165) is 16.8 Å². The highest BCUT2D eigenvalue weighted by atomic mass is 79.9. The molecular weight excluding hydrogens is 284 g/mol. The van der Waals surface area contributed by atoms with Crippen molar-refractivity contribution in [2.24, 2.45) is 5.73 Å². The third-order valence-electron chi connectivity index (χ3n) is 2.26. The fourth-order valence-corrected chi connectivity index (χ4v) is 3.17. The molecule has 0 fully saturated rings. The molecule has 1 aromatic carbocycles. The van der Waals surface area contributed by atoms with Gasteiger partial charge in [-0.1, -0.05) is 22.0 Å². The van der Waals surface area contributed by atoms with Crippen LogP contribution >= 0.6 is 27.7 Å². The zero-order valence-corrected chi connectivity index (χ0v) is 12.4. The second-order valence-electron chi connectivity index (χ2n) is 4.12. The van der Waals surface area contributed by atoms with E-state index in [9.17, 15) is 0 Å². The van der Waals surface area contributed by atoms with Gasteiger partial charge in [0.05, 0.1) is 0 Å². The maximum Gasteiger partial charge on any atom is 0.0277 e. The van der Waals surface area contributed by atoms with Gasteiger partial charge in [-0.3, -0.25) is 0 Å². The first-order chi connectivity index (χ1) is 7.50. The van der Waals surface area contributed by atoms with E-state index in [1.807, 2.05) is 18.7 Å². The quantitative estimate of drug-likeness (QED) is 0.848. The summed E-state index contributed by atoms with van der Waals surface area (Å²) in [6.45, 7) is 3.11. The van der Waals surface area contributed by atoms with E-state index in [1.165, 1.54) is 10.5 Å². The lowest BCUT2D eigenvalue weighted by Crippen LogP contribution is -2.15. The minimum absolute atomic E-state index is 0.0926. The predicted octanol–water partition coefficient (Wildman–Crippen LogP) is 3.12. The molecule has 0 saturated heterocycles. The van der Waals surface area contributed by atoms with Gasteiger partial charge in [0.25, 0.3) is 0 Å². The molecule has 1 rings (SSSR count). The Morgan fingerprint density at radius 3 is 2.69 bits per heavy atom. The van der Waals surface area contributed by atoms with E-state index in [0.29, 0.717) is 0 Å². The van der Waals surface area contributed by atoms with Gasteiger partial charge < -0.3 is 10.6 Å². The number of hydrogen-bond acceptors (Lipinski definition) is 3. The minimum Gasteiger partial charge on any atom is -0.324 e. The summed E-state index contributed by atoms with van der Waals surface area (Å²) in [5, 5.41) is 0. The molecule has 1 unspecified atom stereocenters. The average molecular weight is 303 g/mol. The monoisotopic (exact) mass is 302 g/mol. The Kier molecular flexibility index (Phi) is 5.83. The van der Waals surface area contributed by atoms with E-state index in [1.54, 1.807) is 0 Å². The van der Waals surface area contributed by atoms with Crippen molar-refractivity contribution in [3.05, 3.63) is 28.2 Å². The van der Waals surface area contributed by atoms with Gasteiger partial charge in [-0.2, -0.15) is 0 Å². The standard InChI is InChI=1S/C12H19BrN2S/c1-9(14)11-5-4-10(13)8-12(11)16-7-6-15(2)3/h4-5,8-9H,6-7,14H2,1-3H3. The molecule has 0 radical (unpaired) electrons. The SMILES string of the molecule is CC(N)c1ccc(Br)cc1SCCN(C)C. The van der Waals surface area contributed by atoms with Crippen LogP contribution in [0.1, 0.15) is 18.5 Å². The second kappa shape index (κ2) is 6.64. The van der Waals surface area contributed by atoms with E-state index < -0.39 is 0 Å². The molecule has 0 aliphatic rings. The number of nitrogens with zero attached hydrogens (tertiary/aromatic N) is 1. The summed E-state index contributed by atoms with van der Waals surface area (Å²) >= 11 is 5.37. The van der Waals surface area contributed by atoms with Crippen molar-refractivity contribution in [2.45, 2.75) is 17.9 Å². The average Bonchev–Trinajstić information content (AvgIpc) is 2.16. The predicted molar refractivity (Wildman–Crippen MR) is 76.0 cm³/mol. The number of nitrogens with two attached hydrogens (primary N) is 1. The van der Waals surface area contributed by atoms with Crippen molar-refractivity contribution in [3.63, 3.8) is 0 Å². The molecule has 0 amide bonds. The van der Waals surface area contributed by atoms with Crippen LogP contribution in [-0.2, 0) is 0 Å². The van der Waals surface area contributed by atoms with Crippen molar-refractivity contribution in [1.29, 1.82) is 0 Å². The summed E-state index contributed by atoms with van der Waals surface area (Å²) in [5.41, 5.74) is 7.19. The van der Waals surface area contributed by atoms with Crippen molar-refractivity contribution < 1.29 is 0 Å². The van der Waals surface area contributed by atoms with Gasteiger partial charge in [0.2, 0.25) is 0 Å². The Bertz CT molecular complexity index is 340. The van der Waals surface area contributed by atoms with Crippen LogP contribution in [0.25, 0.3) is 0 Å². The fraction of sp³-hybridized carbons (Fsp3) is 0.500. The lowest BCUT2D eigenvalue weighted by Gasteiger charge is -2.14. The van der Waals surface area contributed by atoms with Crippen molar-refractivity contribution in [1.82, 2.24) is 4.90 Å². The molecule has 16 heavy (non-hydrogen) atoms. The smallest absolute Gasteiger partial charge is 0.0277 e. The Hall–Kier alpha value is -0.0300. The number of benzene rings is 1. The van der Waals surface area contributed by atoms with Crippen molar-refractivity contribution in [3.8, 4) is 0 Å². The molecule has 0 spiro atoms. The molecule has 0 bridgehead atoms. The Morgan fingerprint density at radius 2 is 2.12 bits per heavy atom. The summed E-state index contributed by atoms with van der Waals surface area (Å²) in [6, 6.07) is 6.40. The third-order valence-corrected chi connectivity index (χ3v) is 3.81. The lowest BCUT2D eigenvalue weighted by atomic mass is 10.1. The first-order valence-electron chi connectivity index (χ1n) is 5.33. The lowest BCUT2D eigenvalue weighted by molar-refractivity contribution is 0.437. The molecular formula is C12H19BrN2S. The largest absolute Gasteiger partial charge is 0.324 e. The van der Waals surface area contributed by atoms with Crippen LogP contribution in [0, 0.1) is 0 Å². The fourth-order valence-electron chi connectivity index (χ4n) is 1.35.